The molecule has 0 aliphatic carbocycles. The Labute approximate surface area is 224 Å². The van der Waals surface area contributed by atoms with Crippen molar-refractivity contribution >= 4 is 40.4 Å². The number of para-hydroxylation sites is 1. The Morgan fingerprint density at radius 3 is 2.49 bits per heavy atom. The minimum absolute atomic E-state index is 0.134. The zero-order chi connectivity index (χ0) is 28.3. The number of carbonyl (C=O) groups is 4. The normalized spacial score (nSPS) is 15.5. The summed E-state index contributed by atoms with van der Waals surface area (Å²) in [5.41, 5.74) is 1.01. The molecule has 1 aliphatic rings. The third kappa shape index (κ3) is 6.49. The van der Waals surface area contributed by atoms with Crippen molar-refractivity contribution in [1.82, 2.24) is 20.2 Å². The van der Waals surface area contributed by atoms with Gasteiger partial charge in [0.25, 0.3) is 11.5 Å². The molecule has 4 amide bonds. The average molecular weight is 534 g/mol. The molecule has 4 rings (SSSR count). The van der Waals surface area contributed by atoms with Crippen LogP contribution in [0.5, 0.6) is 0 Å². The predicted molar refractivity (Wildman–Crippen MR) is 144 cm³/mol. The second-order valence-corrected chi connectivity index (χ2v) is 10.3. The van der Waals surface area contributed by atoms with E-state index >= 15 is 0 Å². The minimum atomic E-state index is -0.830. The van der Waals surface area contributed by atoms with Crippen molar-refractivity contribution in [3.63, 3.8) is 0 Å². The summed E-state index contributed by atoms with van der Waals surface area (Å²) in [6.07, 6.45) is 0.422. The number of alkyl carbamates (subject to hydrolysis) is 1. The standard InChI is InChI=1S/C28H31N5O6/c1-16-30-23-19(26(37)33(16)21-12-13-22(34)32-25(21)36)6-5-7-20(23)31-24(35)18-10-8-17(9-11-18)14-15-29-27(38)39-28(2,3)4/h5-11,21H,12-15H2,1-4H3,(H,29,38)(H,31,35)(H,32,34,36). The molecule has 3 N–H and O–H groups in total. The minimum Gasteiger partial charge on any atom is -0.444 e. The fourth-order valence-corrected chi connectivity index (χ4v) is 4.37. The Kier molecular flexibility index (Phi) is 7.80. The lowest BCUT2D eigenvalue weighted by Crippen LogP contribution is -2.45. The third-order valence-electron chi connectivity index (χ3n) is 6.18. The van der Waals surface area contributed by atoms with E-state index in [-0.39, 0.29) is 30.0 Å². The number of aryl methyl sites for hydroxylation is 1. The van der Waals surface area contributed by atoms with Crippen LogP contribution in [0.1, 0.15) is 61.4 Å². The quantitative estimate of drug-likeness (QED) is 0.413. The van der Waals surface area contributed by atoms with Crippen LogP contribution in [0.3, 0.4) is 0 Å². The van der Waals surface area contributed by atoms with E-state index in [1.54, 1.807) is 70.2 Å². The van der Waals surface area contributed by atoms with E-state index in [1.165, 1.54) is 4.57 Å². The van der Waals surface area contributed by atoms with Gasteiger partial charge in [-0.25, -0.2) is 9.78 Å². The molecule has 2 aromatic carbocycles. The van der Waals surface area contributed by atoms with Crippen molar-refractivity contribution < 1.29 is 23.9 Å². The Morgan fingerprint density at radius 2 is 1.82 bits per heavy atom. The summed E-state index contributed by atoms with van der Waals surface area (Å²) in [6, 6.07) is 11.0. The van der Waals surface area contributed by atoms with E-state index in [0.717, 1.165) is 5.56 Å². The van der Waals surface area contributed by atoms with Gasteiger partial charge in [0.1, 0.15) is 23.0 Å². The van der Waals surface area contributed by atoms with Crippen LogP contribution >= 0.6 is 0 Å². The number of hydrogen-bond donors (Lipinski definition) is 3. The van der Waals surface area contributed by atoms with E-state index < -0.39 is 29.2 Å². The summed E-state index contributed by atoms with van der Waals surface area (Å²) in [7, 11) is 0. The van der Waals surface area contributed by atoms with Gasteiger partial charge in [-0.3, -0.25) is 29.1 Å². The molecule has 11 heteroatoms. The SMILES string of the molecule is Cc1nc2c(NC(=O)c3ccc(CCNC(=O)OC(C)(C)C)cc3)cccc2c(=O)n1C1CCC(=O)NC1=O. The number of nitrogens with zero attached hydrogens (tertiary/aromatic N) is 2. The molecule has 0 radical (unpaired) electrons. The summed E-state index contributed by atoms with van der Waals surface area (Å²) in [5.74, 6) is -0.986. The van der Waals surface area contributed by atoms with Gasteiger partial charge >= 0.3 is 6.09 Å². The van der Waals surface area contributed by atoms with Gasteiger partial charge in [0.15, 0.2) is 0 Å². The molecule has 1 aromatic heterocycles. The van der Waals surface area contributed by atoms with Gasteiger partial charge in [-0.2, -0.15) is 0 Å². The Bertz CT molecular complexity index is 1500. The first kappa shape index (κ1) is 27.5. The van der Waals surface area contributed by atoms with Crippen molar-refractivity contribution in [2.45, 2.75) is 58.6 Å². The molecule has 3 aromatic rings. The number of nitrogens with one attached hydrogen (secondary N) is 3. The second kappa shape index (κ2) is 11.1. The number of piperidine rings is 1. The summed E-state index contributed by atoms with van der Waals surface area (Å²) in [5, 5.41) is 8.04. The van der Waals surface area contributed by atoms with Gasteiger partial charge in [-0.1, -0.05) is 18.2 Å². The van der Waals surface area contributed by atoms with E-state index in [0.29, 0.717) is 35.6 Å². The van der Waals surface area contributed by atoms with Crippen LogP contribution in [0.2, 0.25) is 0 Å². The fourth-order valence-electron chi connectivity index (χ4n) is 4.37. The number of fused-ring (bicyclic) bond motifs is 1. The van der Waals surface area contributed by atoms with Crippen molar-refractivity contribution in [2.24, 2.45) is 0 Å². The molecule has 11 nitrogen and oxygen atoms in total. The number of aromatic nitrogens is 2. The maximum atomic E-state index is 13.3. The predicted octanol–water partition coefficient (Wildman–Crippen LogP) is 3.00. The monoisotopic (exact) mass is 533 g/mol. The zero-order valence-corrected chi connectivity index (χ0v) is 22.3. The van der Waals surface area contributed by atoms with Gasteiger partial charge < -0.3 is 15.4 Å². The Balaban J connectivity index is 1.47. The highest BCUT2D eigenvalue weighted by atomic mass is 16.6. The molecule has 2 heterocycles. The van der Waals surface area contributed by atoms with E-state index in [9.17, 15) is 24.0 Å². The molecule has 0 bridgehead atoms. The number of hydrogen-bond acceptors (Lipinski definition) is 7. The Hall–Kier alpha value is -4.54. The summed E-state index contributed by atoms with van der Waals surface area (Å²) in [6.45, 7) is 7.38. The highest BCUT2D eigenvalue weighted by molar-refractivity contribution is 6.08. The van der Waals surface area contributed by atoms with Crippen LogP contribution in [0, 0.1) is 6.92 Å². The highest BCUT2D eigenvalue weighted by Crippen LogP contribution is 2.24. The van der Waals surface area contributed by atoms with Crippen LogP contribution in [0.4, 0.5) is 10.5 Å². The number of ether oxygens (including phenoxy) is 1. The molecule has 1 atom stereocenters. The van der Waals surface area contributed by atoms with E-state index in [4.69, 9.17) is 4.74 Å². The molecule has 1 aliphatic heterocycles. The van der Waals surface area contributed by atoms with Gasteiger partial charge in [-0.15, -0.1) is 0 Å². The average Bonchev–Trinajstić information content (AvgIpc) is 2.85. The van der Waals surface area contributed by atoms with Crippen LogP contribution < -0.4 is 21.5 Å². The number of anilines is 1. The summed E-state index contributed by atoms with van der Waals surface area (Å²) < 4.78 is 6.51. The fraction of sp³-hybridized carbons (Fsp3) is 0.357. The molecule has 1 saturated heterocycles. The first-order valence-electron chi connectivity index (χ1n) is 12.7. The molecular formula is C28H31N5O6. The lowest BCUT2D eigenvalue weighted by Gasteiger charge is -2.24. The topological polar surface area (TPSA) is 148 Å². The van der Waals surface area contributed by atoms with Crippen molar-refractivity contribution in [3.05, 3.63) is 69.8 Å². The molecule has 0 saturated carbocycles. The molecule has 204 valence electrons. The summed E-state index contributed by atoms with van der Waals surface area (Å²) in [4.78, 5) is 66.5. The molecule has 39 heavy (non-hydrogen) atoms. The number of rotatable bonds is 6. The Morgan fingerprint density at radius 1 is 1.10 bits per heavy atom. The smallest absolute Gasteiger partial charge is 0.407 e. The maximum absolute atomic E-state index is 13.3. The van der Waals surface area contributed by atoms with Gasteiger partial charge in [-0.05, 0) is 70.4 Å². The van der Waals surface area contributed by atoms with Crippen LogP contribution in [-0.4, -0.2) is 45.5 Å². The first-order chi connectivity index (χ1) is 18.4. The van der Waals surface area contributed by atoms with Gasteiger partial charge in [0, 0.05) is 18.5 Å². The van der Waals surface area contributed by atoms with Crippen LogP contribution in [0.25, 0.3) is 10.9 Å². The largest absolute Gasteiger partial charge is 0.444 e. The van der Waals surface area contributed by atoms with Gasteiger partial charge in [0.2, 0.25) is 11.8 Å². The molecule has 1 unspecified atom stereocenters. The van der Waals surface area contributed by atoms with Crippen molar-refractivity contribution in [2.75, 3.05) is 11.9 Å². The highest BCUT2D eigenvalue weighted by Gasteiger charge is 2.30. The van der Waals surface area contributed by atoms with Crippen molar-refractivity contribution in [3.8, 4) is 0 Å². The number of benzene rings is 2. The number of amides is 4. The number of carbonyl (C=O) groups excluding carboxylic acids is 4. The lowest BCUT2D eigenvalue weighted by molar-refractivity contribution is -0.135. The zero-order valence-electron chi connectivity index (χ0n) is 22.3. The number of imide groups is 1. The van der Waals surface area contributed by atoms with E-state index in [2.05, 4.69) is 20.9 Å². The van der Waals surface area contributed by atoms with E-state index in [1.807, 2.05) is 0 Å². The van der Waals surface area contributed by atoms with Crippen LogP contribution in [-0.2, 0) is 20.7 Å². The van der Waals surface area contributed by atoms with Gasteiger partial charge in [0.05, 0.1) is 11.1 Å². The maximum Gasteiger partial charge on any atom is 0.407 e. The molecule has 0 spiro atoms. The molecule has 1 fully saturated rings. The van der Waals surface area contributed by atoms with Crippen molar-refractivity contribution in [1.29, 1.82) is 0 Å². The lowest BCUT2D eigenvalue weighted by atomic mass is 10.1. The third-order valence-corrected chi connectivity index (χ3v) is 6.18. The summed E-state index contributed by atoms with van der Waals surface area (Å²) >= 11 is 0. The second-order valence-electron chi connectivity index (χ2n) is 10.3. The molecular weight excluding hydrogens is 502 g/mol. The van der Waals surface area contributed by atoms with Crippen LogP contribution in [0.15, 0.2) is 47.3 Å². The first-order valence-corrected chi connectivity index (χ1v) is 12.7.